The molecule has 0 amide bonds. The Morgan fingerprint density at radius 1 is 1.36 bits per heavy atom. The molecule has 1 unspecified atom stereocenters. The van der Waals surface area contributed by atoms with Crippen LogP contribution in [0.25, 0.3) is 0 Å². The van der Waals surface area contributed by atoms with E-state index in [0.29, 0.717) is 12.8 Å². The third-order valence-corrected chi connectivity index (χ3v) is 2.36. The van der Waals surface area contributed by atoms with Crippen LogP contribution in [0.15, 0.2) is 0 Å². The Morgan fingerprint density at radius 3 is 2.29 bits per heavy atom. The molecule has 0 aliphatic heterocycles. The molecule has 0 bridgehead atoms. The molecule has 0 aliphatic rings. The largest absolute Gasteiger partial charge is 1.00 e. The van der Waals surface area contributed by atoms with Crippen molar-refractivity contribution in [3.05, 3.63) is 0 Å². The van der Waals surface area contributed by atoms with Gasteiger partial charge in [0.2, 0.25) is 0 Å². The van der Waals surface area contributed by atoms with Gasteiger partial charge in [0.15, 0.2) is 0 Å². The quantitative estimate of drug-likeness (QED) is 0.359. The minimum absolute atomic E-state index is 0. The average molecular weight is 234 g/mol. The first-order valence-electron chi connectivity index (χ1n) is 4.65. The van der Waals surface area contributed by atoms with Gasteiger partial charge >= 0.3 is 40.0 Å². The molecule has 1 N–H and O–H groups in total. The van der Waals surface area contributed by atoms with Crippen LogP contribution in [0, 0.1) is 0 Å². The van der Waals surface area contributed by atoms with Gasteiger partial charge in [0.25, 0.3) is 0 Å². The van der Waals surface area contributed by atoms with Crippen molar-refractivity contribution in [2.24, 2.45) is 0 Å². The standard InChI is InChI=1S/C8H18O4S.Na.H/c1-3-5-6-7-8(4-2)12-13(9,10)11;;/h8H,3-7H2,1-2H3,(H,9,10,11);;/q;+1;-1. The van der Waals surface area contributed by atoms with Gasteiger partial charge in [-0.2, -0.15) is 8.42 Å². The first kappa shape index (κ1) is 17.3. The number of hydrogen-bond donors (Lipinski definition) is 1. The van der Waals surface area contributed by atoms with Crippen LogP contribution >= 0.6 is 0 Å². The van der Waals surface area contributed by atoms with Crippen LogP contribution in [0.2, 0.25) is 0 Å². The summed E-state index contributed by atoms with van der Waals surface area (Å²) in [6.07, 6.45) is 3.99. The topological polar surface area (TPSA) is 63.6 Å². The summed E-state index contributed by atoms with van der Waals surface area (Å²) in [5.74, 6) is 0. The second-order valence-corrected chi connectivity index (χ2v) is 4.10. The Morgan fingerprint density at radius 2 is 1.93 bits per heavy atom. The second-order valence-electron chi connectivity index (χ2n) is 3.05. The molecule has 6 heteroatoms. The van der Waals surface area contributed by atoms with Gasteiger partial charge < -0.3 is 1.43 Å². The summed E-state index contributed by atoms with van der Waals surface area (Å²) >= 11 is 0. The molecule has 0 heterocycles. The van der Waals surface area contributed by atoms with Crippen molar-refractivity contribution in [1.29, 1.82) is 0 Å². The average Bonchev–Trinajstić information content (AvgIpc) is 2.01. The van der Waals surface area contributed by atoms with Crippen molar-refractivity contribution in [1.82, 2.24) is 0 Å². The fourth-order valence-electron chi connectivity index (χ4n) is 1.11. The zero-order valence-electron chi connectivity index (χ0n) is 10.2. The van der Waals surface area contributed by atoms with Gasteiger partial charge in [0.05, 0.1) is 6.10 Å². The van der Waals surface area contributed by atoms with Crippen LogP contribution < -0.4 is 29.6 Å². The molecular weight excluding hydrogens is 215 g/mol. The minimum atomic E-state index is -4.27. The molecule has 1 atom stereocenters. The summed E-state index contributed by atoms with van der Waals surface area (Å²) in [5.41, 5.74) is 0. The van der Waals surface area contributed by atoms with Gasteiger partial charge in [0.1, 0.15) is 0 Å². The molecule has 0 aromatic carbocycles. The third-order valence-electron chi connectivity index (χ3n) is 1.84. The summed E-state index contributed by atoms with van der Waals surface area (Å²) in [7, 11) is -4.27. The molecule has 0 saturated carbocycles. The van der Waals surface area contributed by atoms with E-state index < -0.39 is 10.4 Å². The normalized spacial score (nSPS) is 13.4. The maximum absolute atomic E-state index is 10.4. The van der Waals surface area contributed by atoms with Crippen LogP contribution in [-0.4, -0.2) is 19.1 Å². The Balaban J connectivity index is -0.000000720. The predicted molar refractivity (Wildman–Crippen MR) is 52.0 cm³/mol. The molecule has 14 heavy (non-hydrogen) atoms. The van der Waals surface area contributed by atoms with Gasteiger partial charge in [0, 0.05) is 0 Å². The summed E-state index contributed by atoms with van der Waals surface area (Å²) in [6, 6.07) is 0. The smallest absolute Gasteiger partial charge is 1.00 e. The molecule has 0 radical (unpaired) electrons. The van der Waals surface area contributed by atoms with Gasteiger partial charge in [-0.3, -0.25) is 4.55 Å². The van der Waals surface area contributed by atoms with E-state index in [2.05, 4.69) is 11.1 Å². The van der Waals surface area contributed by atoms with E-state index in [1.807, 2.05) is 6.92 Å². The van der Waals surface area contributed by atoms with Crippen molar-refractivity contribution < 1.29 is 48.1 Å². The van der Waals surface area contributed by atoms with Crippen molar-refractivity contribution in [2.45, 2.75) is 52.1 Å². The third kappa shape index (κ3) is 10.9. The van der Waals surface area contributed by atoms with E-state index in [4.69, 9.17) is 4.55 Å². The zero-order chi connectivity index (χ0) is 10.3. The summed E-state index contributed by atoms with van der Waals surface area (Å²) in [6.45, 7) is 3.91. The maximum Gasteiger partial charge on any atom is 1.00 e. The Kier molecular flexibility index (Phi) is 11.3. The molecule has 4 nitrogen and oxygen atoms in total. The maximum atomic E-state index is 10.4. The van der Waals surface area contributed by atoms with Crippen molar-refractivity contribution in [3.63, 3.8) is 0 Å². The Hall–Kier alpha value is 0.870. The van der Waals surface area contributed by atoms with E-state index in [-0.39, 0.29) is 37.1 Å². The Bertz CT molecular complexity index is 221. The number of hydrogen-bond acceptors (Lipinski definition) is 3. The van der Waals surface area contributed by atoms with Crippen LogP contribution in [0.1, 0.15) is 47.4 Å². The van der Waals surface area contributed by atoms with Crippen LogP contribution in [-0.2, 0) is 14.6 Å². The SMILES string of the molecule is CCCCCC(CC)OS(=O)(=O)O.[H-].[Na+]. The Labute approximate surface area is 110 Å². The first-order chi connectivity index (χ1) is 5.99. The van der Waals surface area contributed by atoms with Crippen LogP contribution in [0.5, 0.6) is 0 Å². The van der Waals surface area contributed by atoms with E-state index in [1.165, 1.54) is 0 Å². The molecule has 0 fully saturated rings. The van der Waals surface area contributed by atoms with E-state index >= 15 is 0 Å². The fraction of sp³-hybridized carbons (Fsp3) is 1.00. The van der Waals surface area contributed by atoms with Crippen LogP contribution in [0.3, 0.4) is 0 Å². The molecular formula is C8H19NaO4S. The predicted octanol–water partition coefficient (Wildman–Crippen LogP) is -0.719. The molecule has 0 aromatic heterocycles. The zero-order valence-corrected chi connectivity index (χ0v) is 12.0. The molecule has 0 aromatic rings. The van der Waals surface area contributed by atoms with Gasteiger partial charge in [-0.25, -0.2) is 4.18 Å². The number of rotatable bonds is 7. The molecule has 0 aliphatic carbocycles. The van der Waals surface area contributed by atoms with E-state index in [1.54, 1.807) is 0 Å². The monoisotopic (exact) mass is 234 g/mol. The first-order valence-corrected chi connectivity index (χ1v) is 6.01. The second kappa shape index (κ2) is 9.12. The molecule has 0 spiro atoms. The number of unbranched alkanes of at least 4 members (excludes halogenated alkanes) is 2. The van der Waals surface area contributed by atoms with Gasteiger partial charge in [-0.1, -0.05) is 33.1 Å². The van der Waals surface area contributed by atoms with Gasteiger partial charge in [-0.05, 0) is 12.8 Å². The summed E-state index contributed by atoms with van der Waals surface area (Å²) in [5, 5.41) is 0. The molecule has 0 saturated heterocycles. The van der Waals surface area contributed by atoms with E-state index in [9.17, 15) is 8.42 Å². The summed E-state index contributed by atoms with van der Waals surface area (Å²) < 4.78 is 33.6. The summed E-state index contributed by atoms with van der Waals surface area (Å²) in [4.78, 5) is 0. The van der Waals surface area contributed by atoms with Crippen molar-refractivity contribution in [2.75, 3.05) is 0 Å². The van der Waals surface area contributed by atoms with E-state index in [0.717, 1.165) is 19.3 Å². The van der Waals surface area contributed by atoms with Gasteiger partial charge in [-0.15, -0.1) is 0 Å². The fourth-order valence-corrected chi connectivity index (χ4v) is 1.69. The molecule has 0 rings (SSSR count). The minimum Gasteiger partial charge on any atom is -1.00 e. The van der Waals surface area contributed by atoms with Crippen molar-refractivity contribution in [3.8, 4) is 0 Å². The molecule has 82 valence electrons. The van der Waals surface area contributed by atoms with Crippen LogP contribution in [0.4, 0.5) is 0 Å². The van der Waals surface area contributed by atoms with Crippen molar-refractivity contribution >= 4 is 10.4 Å².